The predicted octanol–water partition coefficient (Wildman–Crippen LogP) is 5.98. The Hall–Kier alpha value is -3.67. The lowest BCUT2D eigenvalue weighted by Crippen LogP contribution is -1.99. The van der Waals surface area contributed by atoms with E-state index in [1.165, 1.54) is 6.07 Å². The number of fused-ring (bicyclic) bond motifs is 1. The first-order valence-electron chi connectivity index (χ1n) is 9.61. The van der Waals surface area contributed by atoms with Crippen LogP contribution in [0.1, 0.15) is 19.8 Å². The fraction of sp³-hybridized carbons (Fsp3) is 0.174. The normalized spacial score (nSPS) is 10.9. The van der Waals surface area contributed by atoms with Gasteiger partial charge in [-0.15, -0.1) is 0 Å². The summed E-state index contributed by atoms with van der Waals surface area (Å²) in [6.07, 6.45) is 5.56. The number of aromatic amines is 1. The molecule has 0 fully saturated rings. The van der Waals surface area contributed by atoms with Crippen molar-refractivity contribution in [3.05, 3.63) is 77.1 Å². The van der Waals surface area contributed by atoms with Crippen molar-refractivity contribution in [2.45, 2.75) is 19.8 Å². The summed E-state index contributed by atoms with van der Waals surface area (Å²) in [6.45, 7) is 2.79. The highest BCUT2D eigenvalue weighted by Crippen LogP contribution is 2.35. The number of nitro benzene ring substituents is 1. The summed E-state index contributed by atoms with van der Waals surface area (Å²) in [7, 11) is 0. The van der Waals surface area contributed by atoms with Crippen LogP contribution >= 0.6 is 0 Å². The van der Waals surface area contributed by atoms with Gasteiger partial charge in [-0.3, -0.25) is 10.1 Å². The second-order valence-corrected chi connectivity index (χ2v) is 6.86. The lowest BCUT2D eigenvalue weighted by atomic mass is 9.99. The Morgan fingerprint density at radius 2 is 1.93 bits per heavy atom. The minimum atomic E-state index is -0.376. The van der Waals surface area contributed by atoms with Crippen molar-refractivity contribution in [1.29, 1.82) is 0 Å². The van der Waals surface area contributed by atoms with Crippen LogP contribution in [-0.4, -0.2) is 21.5 Å². The van der Waals surface area contributed by atoms with Gasteiger partial charge >= 0.3 is 0 Å². The van der Waals surface area contributed by atoms with Gasteiger partial charge in [-0.25, -0.2) is 4.98 Å². The number of nitrogens with one attached hydrogen (secondary N) is 1. The first-order chi connectivity index (χ1) is 14.2. The Morgan fingerprint density at radius 1 is 1.07 bits per heavy atom. The smallest absolute Gasteiger partial charge is 0.270 e. The number of benzene rings is 3. The third-order valence-electron chi connectivity index (χ3n) is 4.84. The van der Waals surface area contributed by atoms with Crippen LogP contribution in [0, 0.1) is 10.1 Å². The number of nitro groups is 1. The molecule has 3 aromatic carbocycles. The summed E-state index contributed by atoms with van der Waals surface area (Å²) in [5.41, 5.74) is 2.71. The van der Waals surface area contributed by atoms with Gasteiger partial charge in [0.1, 0.15) is 11.6 Å². The van der Waals surface area contributed by atoms with Gasteiger partial charge in [0.05, 0.1) is 17.1 Å². The van der Waals surface area contributed by atoms with Crippen LogP contribution < -0.4 is 4.74 Å². The van der Waals surface area contributed by atoms with E-state index in [9.17, 15) is 10.1 Å². The second-order valence-electron chi connectivity index (χ2n) is 6.86. The molecule has 0 unspecified atom stereocenters. The van der Waals surface area contributed by atoms with E-state index in [0.29, 0.717) is 6.61 Å². The van der Waals surface area contributed by atoms with E-state index in [2.05, 4.69) is 23.0 Å². The van der Waals surface area contributed by atoms with E-state index in [1.54, 1.807) is 24.5 Å². The molecule has 0 aliphatic heterocycles. The van der Waals surface area contributed by atoms with Gasteiger partial charge in [-0.1, -0.05) is 37.6 Å². The largest absolute Gasteiger partial charge is 0.493 e. The first-order valence-corrected chi connectivity index (χ1v) is 9.61. The number of H-pyrrole nitrogens is 1. The highest BCUT2D eigenvalue weighted by atomic mass is 16.6. The fourth-order valence-corrected chi connectivity index (χ4v) is 3.30. The van der Waals surface area contributed by atoms with E-state index in [1.807, 2.05) is 30.3 Å². The Morgan fingerprint density at radius 3 is 2.69 bits per heavy atom. The number of aromatic nitrogens is 2. The molecule has 4 rings (SSSR count). The van der Waals surface area contributed by atoms with Crippen molar-refractivity contribution >= 4 is 16.5 Å². The Kier molecular flexibility index (Phi) is 5.24. The Balaban J connectivity index is 1.79. The molecule has 0 bridgehead atoms. The summed E-state index contributed by atoms with van der Waals surface area (Å²) >= 11 is 0. The third kappa shape index (κ3) is 3.96. The molecule has 0 aliphatic rings. The van der Waals surface area contributed by atoms with Crippen molar-refractivity contribution in [2.24, 2.45) is 0 Å². The van der Waals surface area contributed by atoms with Gasteiger partial charge in [-0.2, -0.15) is 0 Å². The molecule has 0 radical (unpaired) electrons. The van der Waals surface area contributed by atoms with Gasteiger partial charge in [0, 0.05) is 24.5 Å². The standard InChI is InChI=1S/C23H21N3O3/c1-2-3-11-29-22-15-18-8-7-17(16-5-4-6-20(13-16)26(27)28)12-19(18)14-21(22)23-24-9-10-25-23/h4-10,12-15H,2-3,11H2,1H3,(H,24,25). The van der Waals surface area contributed by atoms with Gasteiger partial charge in [0.15, 0.2) is 0 Å². The third-order valence-corrected chi connectivity index (χ3v) is 4.84. The summed E-state index contributed by atoms with van der Waals surface area (Å²) in [4.78, 5) is 18.3. The maximum atomic E-state index is 11.1. The van der Waals surface area contributed by atoms with Crippen LogP contribution in [0.5, 0.6) is 5.75 Å². The van der Waals surface area contributed by atoms with Crippen LogP contribution in [0.4, 0.5) is 5.69 Å². The average molecular weight is 387 g/mol. The topological polar surface area (TPSA) is 81.1 Å². The van der Waals surface area contributed by atoms with Crippen LogP contribution in [0.3, 0.4) is 0 Å². The molecule has 0 spiro atoms. The van der Waals surface area contributed by atoms with Gasteiger partial charge < -0.3 is 9.72 Å². The molecule has 1 aromatic heterocycles. The van der Waals surface area contributed by atoms with Crippen molar-refractivity contribution < 1.29 is 9.66 Å². The maximum Gasteiger partial charge on any atom is 0.270 e. The average Bonchev–Trinajstić information content (AvgIpc) is 3.28. The van der Waals surface area contributed by atoms with E-state index >= 15 is 0 Å². The van der Waals surface area contributed by atoms with E-state index in [0.717, 1.165) is 51.9 Å². The number of imidazole rings is 1. The van der Waals surface area contributed by atoms with Gasteiger partial charge in [-0.05, 0) is 46.5 Å². The lowest BCUT2D eigenvalue weighted by molar-refractivity contribution is -0.384. The Bertz CT molecular complexity index is 1150. The molecular weight excluding hydrogens is 366 g/mol. The van der Waals surface area contributed by atoms with E-state index in [-0.39, 0.29) is 10.6 Å². The van der Waals surface area contributed by atoms with Crippen molar-refractivity contribution in [3.63, 3.8) is 0 Å². The molecule has 6 nitrogen and oxygen atoms in total. The zero-order chi connectivity index (χ0) is 20.2. The number of hydrogen-bond donors (Lipinski definition) is 1. The predicted molar refractivity (Wildman–Crippen MR) is 114 cm³/mol. The number of unbranched alkanes of at least 4 members (excludes halogenated alkanes) is 1. The molecule has 0 aliphatic carbocycles. The highest BCUT2D eigenvalue weighted by Gasteiger charge is 2.13. The monoisotopic (exact) mass is 387 g/mol. The summed E-state index contributed by atoms with van der Waals surface area (Å²) < 4.78 is 6.03. The summed E-state index contributed by atoms with van der Waals surface area (Å²) in [5.74, 6) is 1.54. The molecule has 0 amide bonds. The molecule has 1 N–H and O–H groups in total. The molecule has 29 heavy (non-hydrogen) atoms. The number of hydrogen-bond acceptors (Lipinski definition) is 4. The number of rotatable bonds is 7. The number of non-ortho nitro benzene ring substituents is 1. The van der Waals surface area contributed by atoms with Crippen LogP contribution in [0.15, 0.2) is 67.0 Å². The summed E-state index contributed by atoms with van der Waals surface area (Å²) in [5, 5.41) is 13.2. The van der Waals surface area contributed by atoms with Crippen LogP contribution in [0.2, 0.25) is 0 Å². The Labute approximate surface area is 168 Å². The number of ether oxygens (including phenoxy) is 1. The molecular formula is C23H21N3O3. The zero-order valence-electron chi connectivity index (χ0n) is 16.1. The van der Waals surface area contributed by atoms with E-state index < -0.39 is 0 Å². The molecule has 0 atom stereocenters. The minimum Gasteiger partial charge on any atom is -0.493 e. The molecule has 6 heteroatoms. The SMILES string of the molecule is CCCCOc1cc2ccc(-c3cccc([N+](=O)[O-])c3)cc2cc1-c1ncc[nH]1. The maximum absolute atomic E-state index is 11.1. The van der Waals surface area contributed by atoms with Gasteiger partial charge in [0.2, 0.25) is 0 Å². The lowest BCUT2D eigenvalue weighted by Gasteiger charge is -2.13. The van der Waals surface area contributed by atoms with E-state index in [4.69, 9.17) is 4.74 Å². The minimum absolute atomic E-state index is 0.0820. The highest BCUT2D eigenvalue weighted by molar-refractivity contribution is 5.92. The zero-order valence-corrected chi connectivity index (χ0v) is 16.1. The molecule has 4 aromatic rings. The first kappa shape index (κ1) is 18.7. The second kappa shape index (κ2) is 8.14. The fourth-order valence-electron chi connectivity index (χ4n) is 3.30. The van der Waals surface area contributed by atoms with Crippen LogP contribution in [-0.2, 0) is 0 Å². The summed E-state index contributed by atoms with van der Waals surface area (Å²) in [6, 6.07) is 16.8. The number of nitrogens with zero attached hydrogens (tertiary/aromatic N) is 2. The molecule has 146 valence electrons. The van der Waals surface area contributed by atoms with Crippen LogP contribution in [0.25, 0.3) is 33.3 Å². The van der Waals surface area contributed by atoms with Crippen molar-refractivity contribution in [3.8, 4) is 28.3 Å². The van der Waals surface area contributed by atoms with Gasteiger partial charge in [0.25, 0.3) is 5.69 Å². The molecule has 0 saturated heterocycles. The quantitative estimate of drug-likeness (QED) is 0.240. The molecule has 0 saturated carbocycles. The van der Waals surface area contributed by atoms with Crippen molar-refractivity contribution in [2.75, 3.05) is 6.61 Å². The molecule has 1 heterocycles. The van der Waals surface area contributed by atoms with Crippen molar-refractivity contribution in [1.82, 2.24) is 9.97 Å².